The highest BCUT2D eigenvalue weighted by molar-refractivity contribution is 5.97. The zero-order valence-corrected chi connectivity index (χ0v) is 17.6. The van der Waals surface area contributed by atoms with E-state index in [4.69, 9.17) is 4.42 Å². The van der Waals surface area contributed by atoms with E-state index < -0.39 is 17.8 Å². The monoisotopic (exact) mass is 415 g/mol. The van der Waals surface area contributed by atoms with Gasteiger partial charge in [0.25, 0.3) is 5.91 Å². The van der Waals surface area contributed by atoms with Crippen LogP contribution in [0.4, 0.5) is 4.39 Å². The quantitative estimate of drug-likeness (QED) is 0.692. The smallest absolute Gasteiger partial charge is 0.254 e. The lowest BCUT2D eigenvalue weighted by Gasteiger charge is -2.34. The Balaban J connectivity index is 1.66. The number of furan rings is 1. The van der Waals surface area contributed by atoms with Crippen molar-refractivity contribution in [1.82, 2.24) is 15.5 Å². The number of benzene rings is 1. The van der Waals surface area contributed by atoms with Crippen LogP contribution < -0.4 is 10.6 Å². The van der Waals surface area contributed by atoms with Gasteiger partial charge in [0.15, 0.2) is 0 Å². The summed E-state index contributed by atoms with van der Waals surface area (Å²) in [7, 11) is 0. The Morgan fingerprint density at radius 2 is 1.83 bits per heavy atom. The van der Waals surface area contributed by atoms with Crippen LogP contribution in [0.1, 0.15) is 55.3 Å². The summed E-state index contributed by atoms with van der Waals surface area (Å²) in [6.45, 7) is 5.99. The van der Waals surface area contributed by atoms with Crippen LogP contribution in [0.5, 0.6) is 0 Å². The van der Waals surface area contributed by atoms with E-state index in [0.29, 0.717) is 6.54 Å². The van der Waals surface area contributed by atoms with Gasteiger partial charge in [0.05, 0.1) is 17.9 Å². The molecule has 0 bridgehead atoms. The molecular formula is C23H30FN3O3. The summed E-state index contributed by atoms with van der Waals surface area (Å²) in [5, 5.41) is 5.66. The Bertz CT molecular complexity index is 832. The number of hydrogen-bond donors (Lipinski definition) is 2. The maximum absolute atomic E-state index is 13.9. The van der Waals surface area contributed by atoms with Crippen molar-refractivity contribution in [2.75, 3.05) is 19.6 Å². The Hall–Kier alpha value is -2.67. The second kappa shape index (κ2) is 10.4. The molecule has 162 valence electrons. The summed E-state index contributed by atoms with van der Waals surface area (Å²) in [6.07, 6.45) is 5.10. The molecule has 0 radical (unpaired) electrons. The van der Waals surface area contributed by atoms with Crippen molar-refractivity contribution in [3.63, 3.8) is 0 Å². The Kier molecular flexibility index (Phi) is 7.63. The first-order valence-corrected chi connectivity index (χ1v) is 10.6. The molecule has 6 nitrogen and oxygen atoms in total. The van der Waals surface area contributed by atoms with Crippen LogP contribution in [-0.2, 0) is 4.79 Å². The molecule has 2 heterocycles. The molecule has 0 spiro atoms. The number of carbonyl (C=O) groups is 2. The number of hydrogen-bond acceptors (Lipinski definition) is 4. The fraction of sp³-hybridized carbons (Fsp3) is 0.478. The van der Waals surface area contributed by atoms with Crippen molar-refractivity contribution in [3.05, 3.63) is 59.8 Å². The van der Waals surface area contributed by atoms with Crippen molar-refractivity contribution in [2.45, 2.75) is 45.2 Å². The molecular weight excluding hydrogens is 385 g/mol. The van der Waals surface area contributed by atoms with E-state index in [9.17, 15) is 14.0 Å². The first kappa shape index (κ1) is 22.0. The van der Waals surface area contributed by atoms with Crippen molar-refractivity contribution in [3.8, 4) is 0 Å². The molecule has 2 amide bonds. The number of halogens is 1. The highest BCUT2D eigenvalue weighted by atomic mass is 19.1. The molecule has 2 N–H and O–H groups in total. The molecule has 0 saturated carbocycles. The molecule has 2 atom stereocenters. The van der Waals surface area contributed by atoms with Gasteiger partial charge in [0.2, 0.25) is 5.91 Å². The predicted octanol–water partition coefficient (Wildman–Crippen LogP) is 3.52. The Morgan fingerprint density at radius 1 is 1.10 bits per heavy atom. The predicted molar refractivity (Wildman–Crippen MR) is 112 cm³/mol. The summed E-state index contributed by atoms with van der Waals surface area (Å²) >= 11 is 0. The van der Waals surface area contributed by atoms with Crippen molar-refractivity contribution >= 4 is 11.8 Å². The normalized spacial score (nSPS) is 16.8. The lowest BCUT2D eigenvalue weighted by Crippen LogP contribution is -2.51. The maximum atomic E-state index is 13.9. The van der Waals surface area contributed by atoms with Gasteiger partial charge in [-0.3, -0.25) is 14.5 Å². The van der Waals surface area contributed by atoms with Gasteiger partial charge in [-0.2, -0.15) is 0 Å². The average molecular weight is 416 g/mol. The second-order valence-corrected chi connectivity index (χ2v) is 8.05. The number of nitrogens with zero attached hydrogens (tertiary/aromatic N) is 1. The van der Waals surface area contributed by atoms with E-state index in [-0.39, 0.29) is 23.4 Å². The van der Waals surface area contributed by atoms with E-state index in [2.05, 4.69) is 15.5 Å². The minimum Gasteiger partial charge on any atom is -0.468 e. The van der Waals surface area contributed by atoms with Crippen molar-refractivity contribution in [1.29, 1.82) is 0 Å². The minimum absolute atomic E-state index is 0.0562. The third kappa shape index (κ3) is 5.48. The summed E-state index contributed by atoms with van der Waals surface area (Å²) in [5.41, 5.74) is -0.0715. The van der Waals surface area contributed by atoms with E-state index >= 15 is 0 Å². The number of amides is 2. The van der Waals surface area contributed by atoms with Gasteiger partial charge in [0, 0.05) is 6.54 Å². The molecule has 1 aliphatic heterocycles. The van der Waals surface area contributed by atoms with E-state index in [1.165, 1.54) is 24.6 Å². The van der Waals surface area contributed by atoms with Crippen LogP contribution in [0.25, 0.3) is 0 Å². The highest BCUT2D eigenvalue weighted by Gasteiger charge is 2.29. The van der Waals surface area contributed by atoms with Gasteiger partial charge in [-0.25, -0.2) is 4.39 Å². The molecule has 7 heteroatoms. The first-order chi connectivity index (χ1) is 14.5. The summed E-state index contributed by atoms with van der Waals surface area (Å²) < 4.78 is 19.6. The van der Waals surface area contributed by atoms with E-state index in [1.54, 1.807) is 12.3 Å². The van der Waals surface area contributed by atoms with Crippen LogP contribution in [0, 0.1) is 11.7 Å². The summed E-state index contributed by atoms with van der Waals surface area (Å²) in [4.78, 5) is 27.8. The van der Waals surface area contributed by atoms with Gasteiger partial charge >= 0.3 is 0 Å². The second-order valence-electron chi connectivity index (χ2n) is 8.05. The number of rotatable bonds is 8. The average Bonchev–Trinajstić information content (AvgIpc) is 3.27. The zero-order chi connectivity index (χ0) is 21.5. The number of carbonyl (C=O) groups excluding carboxylic acids is 2. The third-order valence-electron chi connectivity index (χ3n) is 5.53. The Labute approximate surface area is 176 Å². The van der Waals surface area contributed by atoms with Crippen LogP contribution in [0.15, 0.2) is 47.1 Å². The molecule has 1 aromatic carbocycles. The fourth-order valence-electron chi connectivity index (χ4n) is 3.83. The molecule has 1 fully saturated rings. The molecule has 2 aromatic rings. The molecule has 0 unspecified atom stereocenters. The topological polar surface area (TPSA) is 74.6 Å². The standard InChI is InChI=1S/C23H30FN3O3/c1-16(2)21(26-22(28)17-9-4-5-10-18(17)24)23(29)25-15-19(20-11-8-14-30-20)27-12-6-3-7-13-27/h4-5,8-11,14,16,19,21H,3,6-7,12-13,15H2,1-2H3,(H,25,29)(H,26,28)/t19-,21-/m0/s1. The first-order valence-electron chi connectivity index (χ1n) is 10.6. The number of piperidine rings is 1. The summed E-state index contributed by atoms with van der Waals surface area (Å²) in [6, 6.07) is 8.69. The SMILES string of the molecule is CC(C)[C@H](NC(=O)c1ccccc1F)C(=O)NC[C@@H](c1ccco1)N1CCCCC1. The van der Waals surface area contributed by atoms with Crippen LogP contribution >= 0.6 is 0 Å². The zero-order valence-electron chi connectivity index (χ0n) is 17.6. The molecule has 3 rings (SSSR count). The highest BCUT2D eigenvalue weighted by Crippen LogP contribution is 2.24. The van der Waals surface area contributed by atoms with Crippen LogP contribution in [0.3, 0.4) is 0 Å². The largest absolute Gasteiger partial charge is 0.468 e. The van der Waals surface area contributed by atoms with E-state index in [0.717, 1.165) is 31.7 Å². The molecule has 0 aliphatic carbocycles. The molecule has 1 saturated heterocycles. The van der Waals surface area contributed by atoms with Gasteiger partial charge < -0.3 is 15.1 Å². The number of nitrogens with one attached hydrogen (secondary N) is 2. The van der Waals surface area contributed by atoms with Crippen LogP contribution in [0.2, 0.25) is 0 Å². The van der Waals surface area contributed by atoms with Gasteiger partial charge in [0.1, 0.15) is 17.6 Å². The van der Waals surface area contributed by atoms with E-state index in [1.807, 2.05) is 26.0 Å². The minimum atomic E-state index is -0.768. The van der Waals surface area contributed by atoms with Gasteiger partial charge in [-0.15, -0.1) is 0 Å². The Morgan fingerprint density at radius 3 is 2.47 bits per heavy atom. The molecule has 1 aromatic heterocycles. The number of likely N-dealkylation sites (tertiary alicyclic amines) is 1. The lowest BCUT2D eigenvalue weighted by atomic mass is 10.0. The third-order valence-corrected chi connectivity index (χ3v) is 5.53. The van der Waals surface area contributed by atoms with Gasteiger partial charge in [-0.1, -0.05) is 32.4 Å². The van der Waals surface area contributed by atoms with Crippen molar-refractivity contribution < 1.29 is 18.4 Å². The van der Waals surface area contributed by atoms with Crippen molar-refractivity contribution in [2.24, 2.45) is 5.92 Å². The van der Waals surface area contributed by atoms with Crippen LogP contribution in [-0.4, -0.2) is 42.4 Å². The molecule has 1 aliphatic rings. The van der Waals surface area contributed by atoms with Gasteiger partial charge in [-0.05, 0) is 56.1 Å². The fourth-order valence-corrected chi connectivity index (χ4v) is 3.83. The molecule has 30 heavy (non-hydrogen) atoms. The maximum Gasteiger partial charge on any atom is 0.254 e. The summed E-state index contributed by atoms with van der Waals surface area (Å²) in [5.74, 6) is -0.837. The lowest BCUT2D eigenvalue weighted by molar-refractivity contribution is -0.124.